The molecule has 0 radical (unpaired) electrons. The van der Waals surface area contributed by atoms with Crippen molar-refractivity contribution in [1.82, 2.24) is 5.32 Å². The van der Waals surface area contributed by atoms with Gasteiger partial charge in [-0.2, -0.15) is 0 Å². The second-order valence-corrected chi connectivity index (χ2v) is 5.16. The summed E-state index contributed by atoms with van der Waals surface area (Å²) in [7, 11) is 0. The van der Waals surface area contributed by atoms with Crippen LogP contribution in [0.3, 0.4) is 0 Å². The maximum atomic E-state index is 11.8. The van der Waals surface area contributed by atoms with E-state index in [-0.39, 0.29) is 24.1 Å². The first kappa shape index (κ1) is 16.0. The Balaban J connectivity index is 1.85. The minimum Gasteiger partial charge on any atom is -0.452 e. The number of carbonyl (C=O) groups excluding carboxylic acids is 2. The molecular weight excluding hydrogens is 302 g/mol. The van der Waals surface area contributed by atoms with Crippen LogP contribution in [0, 0.1) is 0 Å². The molecule has 1 N–H and O–H groups in total. The number of ether oxygens (including phenoxy) is 1. The number of halogens is 1. The molecule has 0 aromatic heterocycles. The van der Waals surface area contributed by atoms with Crippen molar-refractivity contribution in [2.24, 2.45) is 0 Å². The first-order valence-corrected chi connectivity index (χ1v) is 7.21. The largest absolute Gasteiger partial charge is 0.452 e. The van der Waals surface area contributed by atoms with Crippen molar-refractivity contribution in [1.29, 1.82) is 0 Å². The van der Waals surface area contributed by atoms with Crippen LogP contribution in [0.2, 0.25) is 5.02 Å². The highest BCUT2D eigenvalue weighted by atomic mass is 35.5. The number of hydrogen-bond acceptors (Lipinski definition) is 3. The molecule has 0 saturated carbocycles. The highest BCUT2D eigenvalue weighted by Crippen LogP contribution is 2.16. The summed E-state index contributed by atoms with van der Waals surface area (Å²) >= 11 is 5.90. The SMILES string of the molecule is C[C@@H](NC(=O)COC(=O)c1ccccc1Cl)c1ccccc1. The van der Waals surface area contributed by atoms with Gasteiger partial charge in [-0.15, -0.1) is 0 Å². The Morgan fingerprint density at radius 2 is 1.73 bits per heavy atom. The summed E-state index contributed by atoms with van der Waals surface area (Å²) < 4.78 is 4.97. The molecule has 0 aliphatic carbocycles. The zero-order chi connectivity index (χ0) is 15.9. The number of hydrogen-bond donors (Lipinski definition) is 1. The van der Waals surface area contributed by atoms with Crippen molar-refractivity contribution < 1.29 is 14.3 Å². The lowest BCUT2D eigenvalue weighted by molar-refractivity contribution is -0.124. The van der Waals surface area contributed by atoms with Gasteiger partial charge in [0, 0.05) is 0 Å². The third-order valence-electron chi connectivity index (χ3n) is 3.11. The smallest absolute Gasteiger partial charge is 0.340 e. The van der Waals surface area contributed by atoms with E-state index in [0.29, 0.717) is 5.02 Å². The normalized spacial score (nSPS) is 11.5. The fourth-order valence-electron chi connectivity index (χ4n) is 1.94. The molecule has 2 aromatic carbocycles. The van der Waals surface area contributed by atoms with Crippen LogP contribution in [-0.4, -0.2) is 18.5 Å². The second-order valence-electron chi connectivity index (χ2n) is 4.76. The van der Waals surface area contributed by atoms with Crippen LogP contribution in [0.15, 0.2) is 54.6 Å². The van der Waals surface area contributed by atoms with Gasteiger partial charge in [0.15, 0.2) is 6.61 Å². The van der Waals surface area contributed by atoms with Gasteiger partial charge in [0.1, 0.15) is 0 Å². The topological polar surface area (TPSA) is 55.4 Å². The lowest BCUT2D eigenvalue weighted by atomic mass is 10.1. The van der Waals surface area contributed by atoms with Gasteiger partial charge in [0.25, 0.3) is 5.91 Å². The summed E-state index contributed by atoms with van der Waals surface area (Å²) in [6.07, 6.45) is 0. The molecule has 1 amide bonds. The minimum atomic E-state index is -0.617. The van der Waals surface area contributed by atoms with Crippen LogP contribution < -0.4 is 5.32 Å². The number of esters is 1. The zero-order valence-electron chi connectivity index (χ0n) is 12.1. The van der Waals surface area contributed by atoms with Crippen molar-refractivity contribution in [2.45, 2.75) is 13.0 Å². The lowest BCUT2D eigenvalue weighted by Crippen LogP contribution is -2.31. The molecule has 0 heterocycles. The molecule has 5 heteroatoms. The van der Waals surface area contributed by atoms with E-state index in [0.717, 1.165) is 5.56 Å². The fraction of sp³-hybridized carbons (Fsp3) is 0.176. The molecule has 0 fully saturated rings. The standard InChI is InChI=1S/C17H16ClNO3/c1-12(13-7-3-2-4-8-13)19-16(20)11-22-17(21)14-9-5-6-10-15(14)18/h2-10,12H,11H2,1H3,(H,19,20)/t12-/m1/s1. The molecule has 0 aliphatic rings. The van der Waals surface area contributed by atoms with E-state index in [1.807, 2.05) is 37.3 Å². The van der Waals surface area contributed by atoms with Crippen molar-refractivity contribution in [2.75, 3.05) is 6.61 Å². The summed E-state index contributed by atoms with van der Waals surface area (Å²) in [6, 6.07) is 15.9. The number of carbonyl (C=O) groups is 2. The predicted molar refractivity (Wildman–Crippen MR) is 84.7 cm³/mol. The van der Waals surface area contributed by atoms with Gasteiger partial charge in [-0.25, -0.2) is 4.79 Å². The van der Waals surface area contributed by atoms with Crippen molar-refractivity contribution in [3.8, 4) is 0 Å². The van der Waals surface area contributed by atoms with E-state index in [1.54, 1.807) is 24.3 Å². The number of benzene rings is 2. The second kappa shape index (κ2) is 7.61. The number of amides is 1. The zero-order valence-corrected chi connectivity index (χ0v) is 12.8. The van der Waals surface area contributed by atoms with Crippen molar-refractivity contribution in [3.05, 3.63) is 70.7 Å². The maximum Gasteiger partial charge on any atom is 0.340 e. The first-order chi connectivity index (χ1) is 10.6. The Kier molecular flexibility index (Phi) is 5.55. The van der Waals surface area contributed by atoms with Crippen LogP contribution in [0.4, 0.5) is 0 Å². The first-order valence-electron chi connectivity index (χ1n) is 6.84. The highest BCUT2D eigenvalue weighted by molar-refractivity contribution is 6.33. The Morgan fingerprint density at radius 3 is 2.41 bits per heavy atom. The quantitative estimate of drug-likeness (QED) is 0.860. The molecule has 114 valence electrons. The molecule has 0 bridgehead atoms. The molecular formula is C17H16ClNO3. The minimum absolute atomic E-state index is 0.160. The molecule has 0 saturated heterocycles. The molecule has 0 unspecified atom stereocenters. The Hall–Kier alpha value is -2.33. The van der Waals surface area contributed by atoms with Crippen LogP contribution in [0.5, 0.6) is 0 Å². The van der Waals surface area contributed by atoms with E-state index >= 15 is 0 Å². The fourth-order valence-corrected chi connectivity index (χ4v) is 2.16. The summed E-state index contributed by atoms with van der Waals surface area (Å²) in [5.41, 5.74) is 1.22. The predicted octanol–water partition coefficient (Wildman–Crippen LogP) is 3.37. The number of rotatable bonds is 5. The Morgan fingerprint density at radius 1 is 1.09 bits per heavy atom. The summed E-state index contributed by atoms with van der Waals surface area (Å²) in [5.74, 6) is -0.982. The average molecular weight is 318 g/mol. The van der Waals surface area contributed by atoms with Gasteiger partial charge in [-0.1, -0.05) is 54.1 Å². The van der Waals surface area contributed by atoms with Gasteiger partial charge in [0.05, 0.1) is 16.6 Å². The Bertz CT molecular complexity index is 658. The monoisotopic (exact) mass is 317 g/mol. The van der Waals surface area contributed by atoms with E-state index in [2.05, 4.69) is 5.32 Å². The molecule has 22 heavy (non-hydrogen) atoms. The molecule has 4 nitrogen and oxygen atoms in total. The summed E-state index contributed by atoms with van der Waals surface area (Å²) in [6.45, 7) is 1.52. The third-order valence-corrected chi connectivity index (χ3v) is 3.43. The lowest BCUT2D eigenvalue weighted by Gasteiger charge is -2.14. The van der Waals surface area contributed by atoms with E-state index in [1.165, 1.54) is 0 Å². The van der Waals surface area contributed by atoms with Gasteiger partial charge in [0.2, 0.25) is 0 Å². The van der Waals surface area contributed by atoms with Crippen LogP contribution in [-0.2, 0) is 9.53 Å². The van der Waals surface area contributed by atoms with Crippen LogP contribution in [0.25, 0.3) is 0 Å². The van der Waals surface area contributed by atoms with Crippen LogP contribution >= 0.6 is 11.6 Å². The summed E-state index contributed by atoms with van der Waals surface area (Å²) in [5, 5.41) is 3.07. The van der Waals surface area contributed by atoms with Crippen molar-refractivity contribution >= 4 is 23.5 Å². The van der Waals surface area contributed by atoms with Crippen molar-refractivity contribution in [3.63, 3.8) is 0 Å². The van der Waals surface area contributed by atoms with Gasteiger partial charge in [-0.05, 0) is 24.6 Å². The summed E-state index contributed by atoms with van der Waals surface area (Å²) in [4.78, 5) is 23.7. The maximum absolute atomic E-state index is 11.8. The molecule has 2 aromatic rings. The molecule has 0 aliphatic heterocycles. The van der Waals surface area contributed by atoms with E-state index in [9.17, 15) is 9.59 Å². The Labute approximate surface area is 134 Å². The van der Waals surface area contributed by atoms with E-state index in [4.69, 9.17) is 16.3 Å². The van der Waals surface area contributed by atoms with Gasteiger partial charge >= 0.3 is 5.97 Å². The molecule has 1 atom stereocenters. The van der Waals surface area contributed by atoms with E-state index < -0.39 is 5.97 Å². The third kappa shape index (κ3) is 4.33. The average Bonchev–Trinajstić information content (AvgIpc) is 2.54. The van der Waals surface area contributed by atoms with Crippen LogP contribution in [0.1, 0.15) is 28.9 Å². The number of nitrogens with one attached hydrogen (secondary N) is 1. The molecule has 0 spiro atoms. The van der Waals surface area contributed by atoms with Gasteiger partial charge in [-0.3, -0.25) is 4.79 Å². The highest BCUT2D eigenvalue weighted by Gasteiger charge is 2.14. The van der Waals surface area contributed by atoms with Gasteiger partial charge < -0.3 is 10.1 Å². The molecule has 2 rings (SSSR count).